The van der Waals surface area contributed by atoms with E-state index in [0.29, 0.717) is 13.2 Å². The predicted molar refractivity (Wildman–Crippen MR) is 71.5 cm³/mol. The fraction of sp³-hybridized carbons (Fsp3) is 0.643. The van der Waals surface area contributed by atoms with Gasteiger partial charge in [0, 0.05) is 20.2 Å². The molecule has 1 aliphatic rings. The maximum absolute atomic E-state index is 12.1. The zero-order valence-electron chi connectivity index (χ0n) is 11.6. The van der Waals surface area contributed by atoms with E-state index in [1.165, 1.54) is 0 Å². The average molecular weight is 266 g/mol. The number of carbonyl (C=O) groups is 1. The Morgan fingerprint density at radius 3 is 2.79 bits per heavy atom. The van der Waals surface area contributed by atoms with Crippen LogP contribution in [0.4, 0.5) is 0 Å². The quantitative estimate of drug-likeness (QED) is 0.848. The first-order valence-electron chi connectivity index (χ1n) is 6.79. The lowest BCUT2D eigenvalue weighted by atomic mass is 10.3. The van der Waals surface area contributed by atoms with E-state index in [1.807, 2.05) is 24.0 Å². The molecule has 1 fully saturated rings. The largest absolute Gasteiger partial charge is 0.462 e. The number of nitrogens with zero attached hydrogens (tertiary/aromatic N) is 1. The Morgan fingerprint density at radius 2 is 2.11 bits per heavy atom. The molecule has 0 radical (unpaired) electrons. The van der Waals surface area contributed by atoms with Gasteiger partial charge in [-0.1, -0.05) is 0 Å². The smallest absolute Gasteiger partial charge is 0.239 e. The molecule has 1 N–H and O–H groups in total. The summed E-state index contributed by atoms with van der Waals surface area (Å²) in [6.07, 6.45) is 2.24. The van der Waals surface area contributed by atoms with Crippen molar-refractivity contribution >= 4 is 5.91 Å². The summed E-state index contributed by atoms with van der Waals surface area (Å²) in [5.74, 6) is 1.81. The van der Waals surface area contributed by atoms with Crippen LogP contribution in [0.25, 0.3) is 0 Å². The molecule has 1 aromatic rings. The van der Waals surface area contributed by atoms with Gasteiger partial charge in [0.2, 0.25) is 5.91 Å². The van der Waals surface area contributed by atoms with Crippen molar-refractivity contribution in [1.82, 2.24) is 10.2 Å². The zero-order chi connectivity index (χ0) is 13.7. The predicted octanol–water partition coefficient (Wildman–Crippen LogP) is 1.53. The van der Waals surface area contributed by atoms with Gasteiger partial charge in [0.1, 0.15) is 18.1 Å². The number of likely N-dealkylation sites (tertiary alicyclic amines) is 1. The third-order valence-corrected chi connectivity index (χ3v) is 3.37. The lowest BCUT2D eigenvalue weighted by Gasteiger charge is -2.20. The Bertz CT molecular complexity index is 411. The van der Waals surface area contributed by atoms with Crippen LogP contribution in [0.5, 0.6) is 0 Å². The number of hydrogen-bond acceptors (Lipinski definition) is 4. The highest BCUT2D eigenvalue weighted by molar-refractivity contribution is 5.81. The summed E-state index contributed by atoms with van der Waals surface area (Å²) >= 11 is 0. The Hall–Kier alpha value is -1.33. The van der Waals surface area contributed by atoms with Crippen molar-refractivity contribution in [3.05, 3.63) is 23.7 Å². The number of carbonyl (C=O) groups excluding carboxylic acids is 1. The molecule has 1 atom stereocenters. The van der Waals surface area contributed by atoms with E-state index >= 15 is 0 Å². The number of rotatable bonds is 6. The first-order chi connectivity index (χ1) is 9.20. The van der Waals surface area contributed by atoms with E-state index in [-0.39, 0.29) is 11.9 Å². The molecule has 19 heavy (non-hydrogen) atoms. The van der Waals surface area contributed by atoms with Gasteiger partial charge in [-0.15, -0.1) is 0 Å². The van der Waals surface area contributed by atoms with Crippen molar-refractivity contribution in [3.8, 4) is 0 Å². The number of methoxy groups -OCH3 is 1. The van der Waals surface area contributed by atoms with Crippen molar-refractivity contribution in [3.63, 3.8) is 0 Å². The summed E-state index contributed by atoms with van der Waals surface area (Å²) in [5, 5.41) is 3.21. The van der Waals surface area contributed by atoms with Gasteiger partial charge >= 0.3 is 0 Å². The zero-order valence-corrected chi connectivity index (χ0v) is 11.6. The molecule has 1 saturated heterocycles. The minimum absolute atomic E-state index is 0.172. The highest BCUT2D eigenvalue weighted by Gasteiger charge is 2.22. The van der Waals surface area contributed by atoms with Crippen molar-refractivity contribution in [2.45, 2.75) is 39.0 Å². The van der Waals surface area contributed by atoms with Crippen LogP contribution in [-0.4, -0.2) is 37.0 Å². The van der Waals surface area contributed by atoms with Crippen LogP contribution in [0.3, 0.4) is 0 Å². The maximum atomic E-state index is 12.1. The summed E-state index contributed by atoms with van der Waals surface area (Å²) in [5.41, 5.74) is 0. The van der Waals surface area contributed by atoms with E-state index in [0.717, 1.165) is 37.5 Å². The molecule has 5 nitrogen and oxygen atoms in total. The van der Waals surface area contributed by atoms with Crippen molar-refractivity contribution < 1.29 is 13.9 Å². The summed E-state index contributed by atoms with van der Waals surface area (Å²) in [6.45, 7) is 4.72. The summed E-state index contributed by atoms with van der Waals surface area (Å²) in [4.78, 5) is 14.0. The molecule has 2 rings (SSSR count). The number of amides is 1. The lowest BCUT2D eigenvalue weighted by Crippen LogP contribution is -2.43. The molecule has 0 unspecified atom stereocenters. The Morgan fingerprint density at radius 1 is 1.42 bits per heavy atom. The fourth-order valence-electron chi connectivity index (χ4n) is 2.29. The van der Waals surface area contributed by atoms with Crippen molar-refractivity contribution in [2.24, 2.45) is 0 Å². The SMILES string of the molecule is COCc1ccc(CN[C@@H](C)C(=O)N2CCCC2)o1. The van der Waals surface area contributed by atoms with Crippen LogP contribution < -0.4 is 5.32 Å². The first kappa shape index (κ1) is 14.1. The molecule has 1 amide bonds. The van der Waals surface area contributed by atoms with Crippen molar-refractivity contribution in [2.75, 3.05) is 20.2 Å². The summed E-state index contributed by atoms with van der Waals surface area (Å²) < 4.78 is 10.6. The second-order valence-corrected chi connectivity index (χ2v) is 4.94. The van der Waals surface area contributed by atoms with Crippen molar-refractivity contribution in [1.29, 1.82) is 0 Å². The van der Waals surface area contributed by atoms with Gasteiger partial charge in [-0.25, -0.2) is 0 Å². The summed E-state index contributed by atoms with van der Waals surface area (Å²) in [6, 6.07) is 3.64. The lowest BCUT2D eigenvalue weighted by molar-refractivity contribution is -0.132. The van der Waals surface area contributed by atoms with Gasteiger partial charge < -0.3 is 14.1 Å². The minimum Gasteiger partial charge on any atom is -0.462 e. The molecule has 0 aliphatic carbocycles. The number of nitrogens with one attached hydrogen (secondary N) is 1. The molecular weight excluding hydrogens is 244 g/mol. The van der Waals surface area contributed by atoms with Crippen LogP contribution in [0.15, 0.2) is 16.5 Å². The molecule has 5 heteroatoms. The molecule has 0 spiro atoms. The second-order valence-electron chi connectivity index (χ2n) is 4.94. The third-order valence-electron chi connectivity index (χ3n) is 3.37. The van der Waals surface area contributed by atoms with Gasteiger partial charge in [-0.05, 0) is 31.9 Å². The molecule has 0 aromatic carbocycles. The molecule has 0 bridgehead atoms. The van der Waals surface area contributed by atoms with Crippen LogP contribution in [-0.2, 0) is 22.7 Å². The van der Waals surface area contributed by atoms with Crippen LogP contribution in [0, 0.1) is 0 Å². The van der Waals surface area contributed by atoms with E-state index in [1.54, 1.807) is 7.11 Å². The second kappa shape index (κ2) is 6.73. The molecule has 0 saturated carbocycles. The number of ether oxygens (including phenoxy) is 1. The third kappa shape index (κ3) is 3.81. The normalized spacial score (nSPS) is 16.8. The van der Waals surface area contributed by atoms with Gasteiger partial charge in [-0.3, -0.25) is 10.1 Å². The van der Waals surface area contributed by atoms with Gasteiger partial charge in [0.25, 0.3) is 0 Å². The van der Waals surface area contributed by atoms with E-state index in [2.05, 4.69) is 5.32 Å². The minimum atomic E-state index is -0.172. The Kier molecular flexibility index (Phi) is 4.99. The molecule has 1 aliphatic heterocycles. The average Bonchev–Trinajstić information content (AvgIpc) is 3.06. The van der Waals surface area contributed by atoms with E-state index < -0.39 is 0 Å². The van der Waals surface area contributed by atoms with Gasteiger partial charge in [0.05, 0.1) is 12.6 Å². The number of hydrogen-bond donors (Lipinski definition) is 1. The fourth-order valence-corrected chi connectivity index (χ4v) is 2.29. The number of furan rings is 1. The Labute approximate surface area is 113 Å². The van der Waals surface area contributed by atoms with Gasteiger partial charge in [-0.2, -0.15) is 0 Å². The highest BCUT2D eigenvalue weighted by atomic mass is 16.5. The molecule has 2 heterocycles. The standard InChI is InChI=1S/C14H22N2O3/c1-11(14(17)16-7-3-4-8-16)15-9-12-5-6-13(19-12)10-18-2/h5-6,11,15H,3-4,7-10H2,1-2H3/t11-/m0/s1. The van der Waals surface area contributed by atoms with Crippen LogP contribution >= 0.6 is 0 Å². The maximum Gasteiger partial charge on any atom is 0.239 e. The Balaban J connectivity index is 1.78. The molecule has 1 aromatic heterocycles. The molecule has 106 valence electrons. The monoisotopic (exact) mass is 266 g/mol. The first-order valence-corrected chi connectivity index (χ1v) is 6.79. The molecular formula is C14H22N2O3. The van der Waals surface area contributed by atoms with Crippen LogP contribution in [0.2, 0.25) is 0 Å². The topological polar surface area (TPSA) is 54.7 Å². The highest BCUT2D eigenvalue weighted by Crippen LogP contribution is 2.11. The van der Waals surface area contributed by atoms with Gasteiger partial charge in [0.15, 0.2) is 0 Å². The summed E-state index contributed by atoms with van der Waals surface area (Å²) in [7, 11) is 1.64. The van der Waals surface area contributed by atoms with Crippen LogP contribution in [0.1, 0.15) is 31.3 Å². The van der Waals surface area contributed by atoms with E-state index in [9.17, 15) is 4.79 Å². The van der Waals surface area contributed by atoms with E-state index in [4.69, 9.17) is 9.15 Å².